The molecule has 26 heavy (non-hydrogen) atoms. The Morgan fingerprint density at radius 2 is 2.15 bits per heavy atom. The van der Waals surface area contributed by atoms with Crippen LogP contribution in [0.15, 0.2) is 23.1 Å². The highest BCUT2D eigenvalue weighted by Gasteiger charge is 2.27. The fourth-order valence-corrected chi connectivity index (χ4v) is 4.61. The smallest absolute Gasteiger partial charge is 0.272 e. The number of nitrogens with zero attached hydrogens (tertiary/aromatic N) is 3. The molecule has 0 unspecified atom stereocenters. The molecular formula is C19H24N4O2S. The van der Waals surface area contributed by atoms with E-state index in [1.54, 1.807) is 11.8 Å². The molecule has 0 atom stereocenters. The van der Waals surface area contributed by atoms with Crippen LogP contribution >= 0.6 is 11.8 Å². The van der Waals surface area contributed by atoms with Crippen LogP contribution in [-0.4, -0.2) is 60.0 Å². The van der Waals surface area contributed by atoms with Crippen LogP contribution in [-0.2, 0) is 17.5 Å². The Morgan fingerprint density at radius 3 is 2.96 bits per heavy atom. The summed E-state index contributed by atoms with van der Waals surface area (Å²) in [6.07, 6.45) is 0. The average Bonchev–Trinajstić information content (AvgIpc) is 3.00. The number of aryl methyl sites for hydroxylation is 2. The normalized spacial score (nSPS) is 16.8. The zero-order valence-electron chi connectivity index (χ0n) is 15.2. The summed E-state index contributed by atoms with van der Waals surface area (Å²) in [7, 11) is 1.92. The second kappa shape index (κ2) is 7.42. The zero-order chi connectivity index (χ0) is 18.1. The molecule has 1 fully saturated rings. The van der Waals surface area contributed by atoms with Crippen LogP contribution in [0.1, 0.15) is 21.6 Å². The Labute approximate surface area is 157 Å². The van der Waals surface area contributed by atoms with Gasteiger partial charge in [0.1, 0.15) is 0 Å². The third-order valence-electron chi connectivity index (χ3n) is 4.94. The van der Waals surface area contributed by atoms with Crippen molar-refractivity contribution in [3.05, 3.63) is 35.0 Å². The van der Waals surface area contributed by atoms with Crippen LogP contribution in [0.3, 0.4) is 0 Å². The maximum atomic E-state index is 12.7. The number of carbonyl (C=O) groups is 1. The van der Waals surface area contributed by atoms with Crippen LogP contribution < -0.4 is 5.32 Å². The SMILES string of the molecule is Cc1ccc2c(c1)-c1c(c(C(=O)NCCN3CCOCC3)nn1C)CS2. The first kappa shape index (κ1) is 17.6. The van der Waals surface area contributed by atoms with E-state index in [2.05, 4.69) is 40.4 Å². The number of amides is 1. The van der Waals surface area contributed by atoms with Gasteiger partial charge in [-0.05, 0) is 19.1 Å². The summed E-state index contributed by atoms with van der Waals surface area (Å²) >= 11 is 1.78. The second-order valence-electron chi connectivity index (χ2n) is 6.80. The third-order valence-corrected chi connectivity index (χ3v) is 6.04. The largest absolute Gasteiger partial charge is 0.379 e. The molecule has 6 nitrogen and oxygen atoms in total. The van der Waals surface area contributed by atoms with Crippen LogP contribution in [0, 0.1) is 6.92 Å². The summed E-state index contributed by atoms with van der Waals surface area (Å²) in [5.74, 6) is 0.706. The topological polar surface area (TPSA) is 59.4 Å². The molecule has 4 rings (SSSR count). The van der Waals surface area contributed by atoms with Gasteiger partial charge in [-0.25, -0.2) is 0 Å². The van der Waals surface area contributed by atoms with Gasteiger partial charge in [-0.15, -0.1) is 11.8 Å². The highest BCUT2D eigenvalue weighted by molar-refractivity contribution is 7.98. The maximum Gasteiger partial charge on any atom is 0.272 e. The van der Waals surface area contributed by atoms with Gasteiger partial charge < -0.3 is 10.1 Å². The van der Waals surface area contributed by atoms with Gasteiger partial charge in [0.05, 0.1) is 18.9 Å². The molecule has 1 N–H and O–H groups in total. The van der Waals surface area contributed by atoms with Gasteiger partial charge in [-0.2, -0.15) is 5.10 Å². The molecule has 2 aliphatic heterocycles. The fraction of sp³-hybridized carbons (Fsp3) is 0.474. The summed E-state index contributed by atoms with van der Waals surface area (Å²) < 4.78 is 7.21. The zero-order valence-corrected chi connectivity index (χ0v) is 16.1. The van der Waals surface area contributed by atoms with Crippen molar-refractivity contribution in [2.24, 2.45) is 7.05 Å². The lowest BCUT2D eigenvalue weighted by molar-refractivity contribution is 0.0383. The van der Waals surface area contributed by atoms with E-state index in [0.29, 0.717) is 12.2 Å². The molecule has 7 heteroatoms. The lowest BCUT2D eigenvalue weighted by Crippen LogP contribution is -2.41. The Morgan fingerprint density at radius 1 is 1.35 bits per heavy atom. The number of nitrogens with one attached hydrogen (secondary N) is 1. The van der Waals surface area contributed by atoms with E-state index in [0.717, 1.165) is 49.9 Å². The van der Waals surface area contributed by atoms with Crippen molar-refractivity contribution in [3.8, 4) is 11.3 Å². The first-order valence-corrected chi connectivity index (χ1v) is 10.00. The predicted octanol–water partition coefficient (Wildman–Crippen LogP) is 2.06. The van der Waals surface area contributed by atoms with Crippen LogP contribution in [0.25, 0.3) is 11.3 Å². The quantitative estimate of drug-likeness (QED) is 0.890. The minimum atomic E-state index is -0.0770. The number of carbonyl (C=O) groups excluding carboxylic acids is 1. The predicted molar refractivity (Wildman–Crippen MR) is 103 cm³/mol. The van der Waals surface area contributed by atoms with Crippen molar-refractivity contribution >= 4 is 17.7 Å². The maximum absolute atomic E-state index is 12.7. The van der Waals surface area contributed by atoms with E-state index in [-0.39, 0.29) is 5.91 Å². The number of rotatable bonds is 4. The Balaban J connectivity index is 1.50. The first-order valence-electron chi connectivity index (χ1n) is 9.01. The molecule has 1 saturated heterocycles. The molecule has 3 heterocycles. The van der Waals surface area contributed by atoms with Gasteiger partial charge in [0, 0.05) is 55.0 Å². The van der Waals surface area contributed by atoms with Crippen molar-refractivity contribution in [2.45, 2.75) is 17.6 Å². The number of benzene rings is 1. The molecule has 0 aliphatic carbocycles. The van der Waals surface area contributed by atoms with Gasteiger partial charge >= 0.3 is 0 Å². The van der Waals surface area contributed by atoms with Gasteiger partial charge in [0.25, 0.3) is 5.91 Å². The molecule has 1 aromatic heterocycles. The molecule has 0 radical (unpaired) electrons. The minimum absolute atomic E-state index is 0.0770. The third kappa shape index (κ3) is 3.39. The van der Waals surface area contributed by atoms with Gasteiger partial charge in [0.2, 0.25) is 0 Å². The van der Waals surface area contributed by atoms with Crippen molar-refractivity contribution in [1.29, 1.82) is 0 Å². The minimum Gasteiger partial charge on any atom is -0.379 e. The summed E-state index contributed by atoms with van der Waals surface area (Å²) in [6, 6.07) is 6.47. The van der Waals surface area contributed by atoms with E-state index < -0.39 is 0 Å². The van der Waals surface area contributed by atoms with Gasteiger partial charge in [0.15, 0.2) is 5.69 Å². The summed E-state index contributed by atoms with van der Waals surface area (Å²) in [5.41, 5.74) is 5.07. The van der Waals surface area contributed by atoms with Crippen LogP contribution in [0.4, 0.5) is 0 Å². The second-order valence-corrected chi connectivity index (χ2v) is 7.81. The van der Waals surface area contributed by atoms with E-state index >= 15 is 0 Å². The molecule has 2 aromatic rings. The number of hydrogen-bond acceptors (Lipinski definition) is 5. The van der Waals surface area contributed by atoms with E-state index in [9.17, 15) is 4.79 Å². The summed E-state index contributed by atoms with van der Waals surface area (Å²) in [5, 5.41) is 7.58. The van der Waals surface area contributed by atoms with Crippen molar-refractivity contribution in [3.63, 3.8) is 0 Å². The summed E-state index contributed by atoms with van der Waals surface area (Å²) in [6.45, 7) is 6.99. The molecule has 1 aromatic carbocycles. The molecule has 1 amide bonds. The number of hydrogen-bond donors (Lipinski definition) is 1. The van der Waals surface area contributed by atoms with Crippen molar-refractivity contribution in [1.82, 2.24) is 20.0 Å². The standard InChI is InChI=1S/C19H24N4O2S/c1-13-3-4-16-14(11-13)18-15(12-26-16)17(21-22(18)2)19(24)20-5-6-23-7-9-25-10-8-23/h3-4,11H,5-10,12H2,1-2H3,(H,20,24). The summed E-state index contributed by atoms with van der Waals surface area (Å²) in [4.78, 5) is 16.3. The molecular weight excluding hydrogens is 348 g/mol. The Kier molecular flexibility index (Phi) is 5.02. The first-order chi connectivity index (χ1) is 12.6. The lowest BCUT2D eigenvalue weighted by Gasteiger charge is -2.26. The van der Waals surface area contributed by atoms with E-state index in [1.165, 1.54) is 16.0 Å². The van der Waals surface area contributed by atoms with Gasteiger partial charge in [-0.3, -0.25) is 14.4 Å². The highest BCUT2D eigenvalue weighted by atomic mass is 32.2. The fourth-order valence-electron chi connectivity index (χ4n) is 3.56. The molecule has 0 saturated carbocycles. The van der Waals surface area contributed by atoms with Gasteiger partial charge in [-0.1, -0.05) is 11.6 Å². The number of thioether (sulfide) groups is 1. The van der Waals surface area contributed by atoms with E-state index in [4.69, 9.17) is 4.74 Å². The molecule has 0 spiro atoms. The van der Waals surface area contributed by atoms with Crippen LogP contribution in [0.2, 0.25) is 0 Å². The number of ether oxygens (including phenoxy) is 1. The Bertz CT molecular complexity index is 827. The molecule has 0 bridgehead atoms. The number of aromatic nitrogens is 2. The average molecular weight is 372 g/mol. The van der Waals surface area contributed by atoms with Crippen LogP contribution in [0.5, 0.6) is 0 Å². The Hall–Kier alpha value is -1.83. The number of fused-ring (bicyclic) bond motifs is 3. The number of morpholine rings is 1. The van der Waals surface area contributed by atoms with E-state index in [1.807, 2.05) is 11.7 Å². The molecule has 2 aliphatic rings. The lowest BCUT2D eigenvalue weighted by atomic mass is 10.0. The molecule has 138 valence electrons. The van der Waals surface area contributed by atoms with Crippen molar-refractivity contribution < 1.29 is 9.53 Å². The monoisotopic (exact) mass is 372 g/mol. The van der Waals surface area contributed by atoms with Crippen molar-refractivity contribution in [2.75, 3.05) is 39.4 Å². The highest BCUT2D eigenvalue weighted by Crippen LogP contribution is 2.42.